The van der Waals surface area contributed by atoms with Crippen molar-refractivity contribution >= 4 is 0 Å². The van der Waals surface area contributed by atoms with Crippen molar-refractivity contribution < 1.29 is 0 Å². The van der Waals surface area contributed by atoms with Crippen molar-refractivity contribution in [1.29, 1.82) is 0 Å². The molecule has 2 heteroatoms. The molecule has 1 aliphatic rings. The summed E-state index contributed by atoms with van der Waals surface area (Å²) in [5.74, 6) is 0.947. The second kappa shape index (κ2) is 5.44. The van der Waals surface area contributed by atoms with Crippen LogP contribution >= 0.6 is 0 Å². The van der Waals surface area contributed by atoms with E-state index in [-0.39, 0.29) is 0 Å². The van der Waals surface area contributed by atoms with E-state index in [1.165, 1.54) is 36.9 Å². The monoisotopic (exact) mass is 218 g/mol. The first kappa shape index (κ1) is 11.6. The quantitative estimate of drug-likeness (QED) is 0.840. The van der Waals surface area contributed by atoms with E-state index >= 15 is 0 Å². The Hall–Kier alpha value is -0.890. The van der Waals surface area contributed by atoms with Crippen LogP contribution in [0.3, 0.4) is 0 Å². The Morgan fingerprint density at radius 1 is 1.44 bits per heavy atom. The summed E-state index contributed by atoms with van der Waals surface area (Å²) >= 11 is 0. The summed E-state index contributed by atoms with van der Waals surface area (Å²) in [5.41, 5.74) is 2.49. The van der Waals surface area contributed by atoms with E-state index < -0.39 is 0 Å². The average molecular weight is 218 g/mol. The lowest BCUT2D eigenvalue weighted by Gasteiger charge is -2.13. The molecule has 1 aromatic heterocycles. The second-order valence-electron chi connectivity index (χ2n) is 4.93. The maximum atomic E-state index is 4.42. The molecule has 2 rings (SSSR count). The zero-order valence-corrected chi connectivity index (χ0v) is 10.4. The summed E-state index contributed by atoms with van der Waals surface area (Å²) in [6.07, 6.45) is 7.30. The van der Waals surface area contributed by atoms with Gasteiger partial charge in [-0.3, -0.25) is 4.98 Å². The van der Waals surface area contributed by atoms with Crippen LogP contribution in [-0.2, 0) is 6.54 Å². The van der Waals surface area contributed by atoms with Crippen molar-refractivity contribution in [2.75, 3.05) is 0 Å². The van der Waals surface area contributed by atoms with Gasteiger partial charge in [0, 0.05) is 18.8 Å². The minimum absolute atomic E-state index is 0.714. The maximum Gasteiger partial charge on any atom is 0.0570 e. The fourth-order valence-corrected chi connectivity index (χ4v) is 2.58. The Labute approximate surface area is 98.5 Å². The first-order valence-electron chi connectivity index (χ1n) is 6.43. The van der Waals surface area contributed by atoms with E-state index in [2.05, 4.69) is 30.2 Å². The first-order chi connectivity index (χ1) is 7.79. The van der Waals surface area contributed by atoms with Crippen LogP contribution in [0, 0.1) is 12.8 Å². The van der Waals surface area contributed by atoms with Crippen molar-refractivity contribution in [3.63, 3.8) is 0 Å². The van der Waals surface area contributed by atoms with Gasteiger partial charge in [0.05, 0.1) is 5.69 Å². The third-order valence-corrected chi connectivity index (χ3v) is 3.79. The number of rotatable bonds is 4. The third kappa shape index (κ3) is 2.82. The van der Waals surface area contributed by atoms with Gasteiger partial charge in [-0.15, -0.1) is 0 Å². The van der Waals surface area contributed by atoms with Crippen molar-refractivity contribution in [2.24, 2.45) is 5.92 Å². The van der Waals surface area contributed by atoms with E-state index in [1.54, 1.807) is 0 Å². The largest absolute Gasteiger partial charge is 0.308 e. The van der Waals surface area contributed by atoms with Crippen LogP contribution in [0.2, 0.25) is 0 Å². The zero-order valence-electron chi connectivity index (χ0n) is 10.4. The molecule has 1 saturated carbocycles. The number of aryl methyl sites for hydroxylation is 1. The van der Waals surface area contributed by atoms with Gasteiger partial charge in [-0.2, -0.15) is 0 Å². The summed E-state index contributed by atoms with van der Waals surface area (Å²) in [7, 11) is 0. The molecular weight excluding hydrogens is 196 g/mol. The number of nitrogens with one attached hydrogen (secondary N) is 1. The number of hydrogen-bond donors (Lipinski definition) is 1. The van der Waals surface area contributed by atoms with Crippen LogP contribution in [0.4, 0.5) is 0 Å². The van der Waals surface area contributed by atoms with Gasteiger partial charge < -0.3 is 5.32 Å². The standard InChI is InChI=1S/C14H22N2/c1-3-12-6-7-13(9-12)16-10-14-11(2)5-4-8-15-14/h4-5,8,12-13,16H,3,6-7,9-10H2,1-2H3. The molecule has 2 atom stereocenters. The van der Waals surface area contributed by atoms with Gasteiger partial charge in [-0.05, 0) is 43.7 Å². The van der Waals surface area contributed by atoms with Crippen LogP contribution in [0.15, 0.2) is 18.3 Å². The normalized spacial score (nSPS) is 24.9. The summed E-state index contributed by atoms with van der Waals surface area (Å²) < 4.78 is 0. The van der Waals surface area contributed by atoms with Gasteiger partial charge in [0.1, 0.15) is 0 Å². The van der Waals surface area contributed by atoms with Crippen LogP contribution in [0.1, 0.15) is 43.9 Å². The van der Waals surface area contributed by atoms with E-state index in [0.29, 0.717) is 6.04 Å². The van der Waals surface area contributed by atoms with Crippen molar-refractivity contribution in [3.8, 4) is 0 Å². The van der Waals surface area contributed by atoms with Gasteiger partial charge in [0.2, 0.25) is 0 Å². The van der Waals surface area contributed by atoms with E-state index in [0.717, 1.165) is 12.5 Å². The lowest BCUT2D eigenvalue weighted by molar-refractivity contribution is 0.474. The molecule has 0 amide bonds. The highest BCUT2D eigenvalue weighted by atomic mass is 14.9. The molecule has 0 bridgehead atoms. The smallest absolute Gasteiger partial charge is 0.0570 e. The topological polar surface area (TPSA) is 24.9 Å². The molecule has 1 heterocycles. The highest BCUT2D eigenvalue weighted by Gasteiger charge is 2.22. The first-order valence-corrected chi connectivity index (χ1v) is 6.43. The van der Waals surface area contributed by atoms with E-state index in [4.69, 9.17) is 0 Å². The van der Waals surface area contributed by atoms with E-state index in [9.17, 15) is 0 Å². The zero-order chi connectivity index (χ0) is 11.4. The molecule has 2 unspecified atom stereocenters. The van der Waals surface area contributed by atoms with Gasteiger partial charge in [0.25, 0.3) is 0 Å². The molecule has 0 saturated heterocycles. The Morgan fingerprint density at radius 2 is 2.31 bits per heavy atom. The van der Waals surface area contributed by atoms with Gasteiger partial charge >= 0.3 is 0 Å². The summed E-state index contributed by atoms with van der Waals surface area (Å²) in [4.78, 5) is 4.42. The molecule has 2 nitrogen and oxygen atoms in total. The van der Waals surface area contributed by atoms with Crippen LogP contribution < -0.4 is 5.32 Å². The minimum Gasteiger partial charge on any atom is -0.308 e. The van der Waals surface area contributed by atoms with Crippen LogP contribution in [0.5, 0.6) is 0 Å². The predicted octanol–water partition coefficient (Wildman–Crippen LogP) is 3.06. The van der Waals surface area contributed by atoms with Gasteiger partial charge in [-0.25, -0.2) is 0 Å². The number of aromatic nitrogens is 1. The van der Waals surface area contributed by atoms with Gasteiger partial charge in [-0.1, -0.05) is 19.4 Å². The number of hydrogen-bond acceptors (Lipinski definition) is 2. The van der Waals surface area contributed by atoms with Crippen LogP contribution in [-0.4, -0.2) is 11.0 Å². The van der Waals surface area contributed by atoms with Crippen molar-refractivity contribution in [1.82, 2.24) is 10.3 Å². The molecular formula is C14H22N2. The average Bonchev–Trinajstić information content (AvgIpc) is 2.76. The summed E-state index contributed by atoms with van der Waals surface area (Å²) in [6.45, 7) is 5.36. The molecule has 1 aromatic rings. The Morgan fingerprint density at radius 3 is 3.00 bits per heavy atom. The molecule has 0 aromatic carbocycles. The fourth-order valence-electron chi connectivity index (χ4n) is 2.58. The van der Waals surface area contributed by atoms with Crippen LogP contribution in [0.25, 0.3) is 0 Å². The summed E-state index contributed by atoms with van der Waals surface area (Å²) in [5, 5.41) is 3.64. The molecule has 1 fully saturated rings. The molecule has 88 valence electrons. The Bertz CT molecular complexity index is 335. The lowest BCUT2D eigenvalue weighted by atomic mass is 10.1. The predicted molar refractivity (Wildman–Crippen MR) is 67.2 cm³/mol. The Balaban J connectivity index is 1.82. The Kier molecular flexibility index (Phi) is 3.94. The summed E-state index contributed by atoms with van der Waals surface area (Å²) in [6, 6.07) is 4.85. The second-order valence-corrected chi connectivity index (χ2v) is 4.93. The molecule has 0 radical (unpaired) electrons. The van der Waals surface area contributed by atoms with E-state index in [1.807, 2.05) is 12.3 Å². The molecule has 0 spiro atoms. The minimum atomic E-state index is 0.714. The van der Waals surface area contributed by atoms with Gasteiger partial charge in [0.15, 0.2) is 0 Å². The van der Waals surface area contributed by atoms with Crippen molar-refractivity contribution in [2.45, 2.75) is 52.1 Å². The lowest BCUT2D eigenvalue weighted by Crippen LogP contribution is -2.26. The third-order valence-electron chi connectivity index (χ3n) is 3.79. The number of nitrogens with zero attached hydrogens (tertiary/aromatic N) is 1. The molecule has 0 aliphatic heterocycles. The van der Waals surface area contributed by atoms with Crippen molar-refractivity contribution in [3.05, 3.63) is 29.6 Å². The molecule has 1 N–H and O–H groups in total. The highest BCUT2D eigenvalue weighted by molar-refractivity contribution is 5.17. The highest BCUT2D eigenvalue weighted by Crippen LogP contribution is 2.27. The molecule has 16 heavy (non-hydrogen) atoms. The fraction of sp³-hybridized carbons (Fsp3) is 0.643. The molecule has 1 aliphatic carbocycles. The maximum absolute atomic E-state index is 4.42. The number of pyridine rings is 1. The SMILES string of the molecule is CCC1CCC(NCc2ncccc2C)C1.